The molecule has 0 spiro atoms. The molecule has 0 aliphatic heterocycles. The average Bonchev–Trinajstić information content (AvgIpc) is 3.25. The summed E-state index contributed by atoms with van der Waals surface area (Å²) in [7, 11) is -9.91. The summed E-state index contributed by atoms with van der Waals surface area (Å²) in [5.74, 6) is -3.07. The van der Waals surface area contributed by atoms with Crippen LogP contribution in [0.25, 0.3) is 21.5 Å². The van der Waals surface area contributed by atoms with E-state index in [4.69, 9.17) is 0 Å². The van der Waals surface area contributed by atoms with Crippen LogP contribution in [0.4, 0.5) is 45.5 Å². The van der Waals surface area contributed by atoms with Crippen molar-refractivity contribution in [3.8, 4) is 11.5 Å². The van der Waals surface area contributed by atoms with Crippen LogP contribution in [0.15, 0.2) is 152 Å². The molecule has 7 aromatic rings. The Bertz CT molecular complexity index is 3190. The van der Waals surface area contributed by atoms with Crippen molar-refractivity contribution in [2.75, 3.05) is 21.3 Å². The van der Waals surface area contributed by atoms with E-state index in [0.29, 0.717) is 11.4 Å². The highest BCUT2D eigenvalue weighted by atomic mass is 32.2. The van der Waals surface area contributed by atoms with Crippen molar-refractivity contribution in [3.05, 3.63) is 132 Å². The van der Waals surface area contributed by atoms with Crippen LogP contribution in [0.2, 0.25) is 0 Å². The second-order valence-electron chi connectivity index (χ2n) is 14.3. The monoisotopic (exact) mass is 930 g/mol. The summed E-state index contributed by atoms with van der Waals surface area (Å²) in [6.45, 7) is 2.68. The molecule has 0 bridgehead atoms. The molecule has 0 aromatic heterocycles. The third kappa shape index (κ3) is 10.5. The topological polar surface area (TPSA) is 315 Å². The van der Waals surface area contributed by atoms with E-state index < -0.39 is 64.7 Å². The van der Waals surface area contributed by atoms with Gasteiger partial charge in [-0.3, -0.25) is 28.3 Å². The maximum atomic E-state index is 13.2. The minimum atomic E-state index is -4.95. The molecule has 0 saturated heterocycles. The van der Waals surface area contributed by atoms with Crippen LogP contribution in [0.3, 0.4) is 0 Å². The predicted octanol–water partition coefficient (Wildman–Crippen LogP) is 9.15. The van der Waals surface area contributed by atoms with Crippen LogP contribution < -0.4 is 21.3 Å². The molecule has 0 saturated carbocycles. The fourth-order valence-electron chi connectivity index (χ4n) is 6.47. The Kier molecular flexibility index (Phi) is 12.7. The number of rotatable bonds is 12. The fraction of sp³-hybridized carbons (Fsp3) is 0.0455. The third-order valence-electron chi connectivity index (χ3n) is 9.49. The van der Waals surface area contributed by atoms with E-state index in [9.17, 15) is 55.3 Å². The van der Waals surface area contributed by atoms with Gasteiger partial charge in [-0.2, -0.15) is 27.1 Å². The van der Waals surface area contributed by atoms with Crippen molar-refractivity contribution in [1.29, 1.82) is 0 Å². The lowest BCUT2D eigenvalue weighted by Crippen LogP contribution is -2.14. The molecule has 7 aromatic carbocycles. The maximum absolute atomic E-state index is 13.2. The number of nitrogens with zero attached hydrogens (tertiary/aromatic N) is 4. The van der Waals surface area contributed by atoms with Gasteiger partial charge in [0, 0.05) is 58.5 Å². The van der Waals surface area contributed by atoms with Crippen molar-refractivity contribution in [1.82, 2.24) is 0 Å². The number of benzene rings is 7. The van der Waals surface area contributed by atoms with E-state index in [2.05, 4.69) is 41.7 Å². The fourth-order valence-corrected chi connectivity index (χ4v) is 7.79. The number of phenols is 2. The number of hydrogen-bond acceptors (Lipinski definition) is 14. The summed E-state index contributed by atoms with van der Waals surface area (Å²) in [6.07, 6.45) is 0. The Morgan fingerprint density at radius 2 is 0.773 bits per heavy atom. The second kappa shape index (κ2) is 18.3. The van der Waals surface area contributed by atoms with E-state index >= 15 is 0 Å². The molecule has 0 unspecified atom stereocenters. The lowest BCUT2D eigenvalue weighted by atomic mass is 10.1. The normalized spacial score (nSPS) is 11.8. The molecule has 66 heavy (non-hydrogen) atoms. The summed E-state index contributed by atoms with van der Waals surface area (Å²) >= 11 is 0. The number of phenolic OH excluding ortho intramolecular Hbond substituents is 2. The Hall–Kier alpha value is -8.44. The van der Waals surface area contributed by atoms with Gasteiger partial charge in [0.15, 0.2) is 11.5 Å². The lowest BCUT2D eigenvalue weighted by molar-refractivity contribution is -0.115. The van der Waals surface area contributed by atoms with Crippen LogP contribution in [0.1, 0.15) is 34.6 Å². The summed E-state index contributed by atoms with van der Waals surface area (Å²) in [5, 5.41) is 48.7. The molecular weight excluding hydrogens is 897 g/mol. The average molecular weight is 931 g/mol. The zero-order chi connectivity index (χ0) is 47.5. The summed E-state index contributed by atoms with van der Waals surface area (Å²) < 4.78 is 69.6. The molecule has 0 aliphatic rings. The SMILES string of the molecule is CC(=O)Nc1ccc(N=Nc2c(S(=O)(=O)O)cc3cc(NC(=O)c4ccc(C(=O)Nc5ccc6c(O)c(N=Nc7ccc(NC(C)=O)cc7)c(S(=O)(=O)O)cc6c5)cc4)ccc3c2O)cc1. The zero-order valence-electron chi connectivity index (χ0n) is 34.2. The summed E-state index contributed by atoms with van der Waals surface area (Å²) in [6, 6.07) is 28.0. The van der Waals surface area contributed by atoms with Crippen LogP contribution in [0, 0.1) is 0 Å². The highest BCUT2D eigenvalue weighted by Gasteiger charge is 2.24. The van der Waals surface area contributed by atoms with Crippen LogP contribution in [-0.4, -0.2) is 59.8 Å². The first kappa shape index (κ1) is 45.6. The van der Waals surface area contributed by atoms with Gasteiger partial charge in [-0.1, -0.05) is 0 Å². The van der Waals surface area contributed by atoms with E-state index in [0.717, 1.165) is 12.1 Å². The Morgan fingerprint density at radius 1 is 0.439 bits per heavy atom. The molecule has 0 fully saturated rings. The van der Waals surface area contributed by atoms with Crippen molar-refractivity contribution >= 4 is 111 Å². The molecule has 0 radical (unpaired) electrons. The minimum absolute atomic E-state index is 0.107. The number of azo groups is 2. The second-order valence-corrected chi connectivity index (χ2v) is 17.1. The predicted molar refractivity (Wildman–Crippen MR) is 243 cm³/mol. The molecule has 8 N–H and O–H groups in total. The standard InChI is InChI=1S/C44H34N8O12S2/c1-23(53)45-29-7-11-31(12-8-29)49-51-39-37(65(59,60)61)21-27-19-33(15-17-35(27)41(39)55)47-43(57)25-3-5-26(6-4-25)44(58)48-34-16-18-36-28(20-34)22-38(66(62,63)64)40(42(36)56)52-50-32-13-9-30(10-14-32)46-24(2)54/h3-22,55-56H,1-2H3,(H,45,53)(H,46,54)(H,47,57)(H,48,58)(H,59,60,61)(H,62,63,64). The smallest absolute Gasteiger partial charge is 0.296 e. The van der Waals surface area contributed by atoms with E-state index in [1.165, 1.54) is 123 Å². The van der Waals surface area contributed by atoms with Crippen molar-refractivity contribution < 1.29 is 55.3 Å². The molecule has 334 valence electrons. The Morgan fingerprint density at radius 3 is 1.09 bits per heavy atom. The Balaban J connectivity index is 1.05. The van der Waals surface area contributed by atoms with Gasteiger partial charge in [0.25, 0.3) is 32.1 Å². The lowest BCUT2D eigenvalue weighted by Gasteiger charge is -2.12. The zero-order valence-corrected chi connectivity index (χ0v) is 35.8. The van der Waals surface area contributed by atoms with Gasteiger partial charge in [-0.05, 0) is 132 Å². The largest absolute Gasteiger partial charge is 0.505 e. The molecule has 0 aliphatic carbocycles. The number of carbonyl (C=O) groups is 4. The highest BCUT2D eigenvalue weighted by Crippen LogP contribution is 2.43. The molecule has 22 heteroatoms. The summed E-state index contributed by atoms with van der Waals surface area (Å²) in [5.41, 5.74) is 0.932. The summed E-state index contributed by atoms with van der Waals surface area (Å²) in [4.78, 5) is 47.6. The quantitative estimate of drug-likeness (QED) is 0.0420. The van der Waals surface area contributed by atoms with Crippen molar-refractivity contribution in [2.24, 2.45) is 20.5 Å². The van der Waals surface area contributed by atoms with Gasteiger partial charge >= 0.3 is 0 Å². The number of fused-ring (bicyclic) bond motifs is 2. The third-order valence-corrected chi connectivity index (χ3v) is 11.2. The first-order chi connectivity index (χ1) is 31.2. The maximum Gasteiger partial charge on any atom is 0.296 e. The van der Waals surface area contributed by atoms with Crippen LogP contribution in [0.5, 0.6) is 11.5 Å². The Labute approximate surface area is 374 Å². The molecule has 0 atom stereocenters. The van der Waals surface area contributed by atoms with Crippen LogP contribution >= 0.6 is 0 Å². The number of carbonyl (C=O) groups excluding carboxylic acids is 4. The van der Waals surface area contributed by atoms with Gasteiger partial charge in [0.1, 0.15) is 21.2 Å². The van der Waals surface area contributed by atoms with E-state index in [1.807, 2.05) is 0 Å². The van der Waals surface area contributed by atoms with Crippen molar-refractivity contribution in [2.45, 2.75) is 23.6 Å². The van der Waals surface area contributed by atoms with Gasteiger partial charge in [0.05, 0.1) is 11.4 Å². The molecule has 20 nitrogen and oxygen atoms in total. The van der Waals surface area contributed by atoms with Gasteiger partial charge < -0.3 is 31.5 Å². The number of hydrogen-bond donors (Lipinski definition) is 8. The number of aromatic hydroxyl groups is 2. The van der Waals surface area contributed by atoms with Gasteiger partial charge in [0.2, 0.25) is 11.8 Å². The minimum Gasteiger partial charge on any atom is -0.505 e. The number of nitrogens with one attached hydrogen (secondary N) is 4. The number of amides is 4. The molecule has 4 amide bonds. The van der Waals surface area contributed by atoms with Gasteiger partial charge in [-0.15, -0.1) is 10.2 Å². The van der Waals surface area contributed by atoms with E-state index in [1.54, 1.807) is 0 Å². The van der Waals surface area contributed by atoms with Crippen molar-refractivity contribution in [3.63, 3.8) is 0 Å². The van der Waals surface area contributed by atoms with Crippen LogP contribution in [-0.2, 0) is 29.8 Å². The van der Waals surface area contributed by atoms with Gasteiger partial charge in [-0.25, -0.2) is 0 Å². The molecule has 0 heterocycles. The molecule has 7 rings (SSSR count). The van der Waals surface area contributed by atoms with E-state index in [-0.39, 0.29) is 67.2 Å². The molecular formula is C44H34N8O12S2. The first-order valence-electron chi connectivity index (χ1n) is 19.1. The highest BCUT2D eigenvalue weighted by molar-refractivity contribution is 7.86. The number of anilines is 4. The first-order valence-corrected chi connectivity index (χ1v) is 22.0.